The summed E-state index contributed by atoms with van der Waals surface area (Å²) in [5.74, 6) is 1.66. The molecule has 0 aliphatic heterocycles. The van der Waals surface area contributed by atoms with E-state index in [1.54, 1.807) is 0 Å². The Morgan fingerprint density at radius 2 is 1.59 bits per heavy atom. The molecule has 4 aliphatic carbocycles. The number of benzene rings is 2. The average Bonchev–Trinajstić information content (AvgIpc) is 2.95. The minimum Gasteiger partial charge on any atom is -0.399 e. The molecule has 4 N–H and O–H groups in total. The summed E-state index contributed by atoms with van der Waals surface area (Å²) in [7, 11) is 0. The Labute approximate surface area is 246 Å². The van der Waals surface area contributed by atoms with Crippen molar-refractivity contribution in [1.82, 2.24) is 5.32 Å². The Kier molecular flexibility index (Phi) is 7.23. The van der Waals surface area contributed by atoms with Gasteiger partial charge < -0.3 is 16.4 Å². The molecule has 0 spiro atoms. The molecule has 5 unspecified atom stereocenters. The van der Waals surface area contributed by atoms with Gasteiger partial charge in [-0.2, -0.15) is 0 Å². The van der Waals surface area contributed by atoms with Gasteiger partial charge in [-0.3, -0.25) is 9.59 Å². The maximum atomic E-state index is 14.2. The van der Waals surface area contributed by atoms with Crippen LogP contribution in [0.3, 0.4) is 0 Å². The number of nitrogens with two attached hydrogens (primary N) is 1. The second-order valence-electron chi connectivity index (χ2n) is 14.4. The Morgan fingerprint density at radius 3 is 2.37 bits per heavy atom. The van der Waals surface area contributed by atoms with E-state index in [0.29, 0.717) is 24.2 Å². The number of anilines is 2. The highest BCUT2D eigenvalue weighted by Crippen LogP contribution is 2.58. The van der Waals surface area contributed by atoms with Gasteiger partial charge in [0, 0.05) is 24.3 Å². The molecule has 5 heteroatoms. The Balaban J connectivity index is 1.20. The number of rotatable bonds is 5. The summed E-state index contributed by atoms with van der Waals surface area (Å²) in [6, 6.07) is 13.0. The normalized spacial score (nSPS) is 33.9. The minimum atomic E-state index is -0.362. The summed E-state index contributed by atoms with van der Waals surface area (Å²) >= 11 is 0. The lowest BCUT2D eigenvalue weighted by Crippen LogP contribution is -2.56. The van der Waals surface area contributed by atoms with Gasteiger partial charge in [-0.15, -0.1) is 0 Å². The van der Waals surface area contributed by atoms with Gasteiger partial charge in [0.2, 0.25) is 11.8 Å². The zero-order chi connectivity index (χ0) is 29.0. The molecule has 0 bridgehead atoms. The highest BCUT2D eigenvalue weighted by atomic mass is 16.2. The average molecular weight is 556 g/mol. The van der Waals surface area contributed by atoms with E-state index in [9.17, 15) is 9.59 Å². The number of carbonyl (C=O) groups excluding carboxylic acids is 2. The van der Waals surface area contributed by atoms with Crippen molar-refractivity contribution in [2.75, 3.05) is 17.6 Å². The monoisotopic (exact) mass is 555 g/mol. The summed E-state index contributed by atoms with van der Waals surface area (Å²) in [6.45, 7) is 9.73. The van der Waals surface area contributed by atoms with E-state index in [1.807, 2.05) is 13.0 Å². The summed E-state index contributed by atoms with van der Waals surface area (Å²) in [4.78, 5) is 26.3. The molecule has 220 valence electrons. The van der Waals surface area contributed by atoms with E-state index in [4.69, 9.17) is 5.73 Å². The van der Waals surface area contributed by atoms with Crippen LogP contribution in [-0.4, -0.2) is 18.4 Å². The molecule has 0 radical (unpaired) electrons. The lowest BCUT2D eigenvalue weighted by Gasteiger charge is -2.55. The van der Waals surface area contributed by atoms with Crippen molar-refractivity contribution in [3.05, 3.63) is 58.7 Å². The van der Waals surface area contributed by atoms with Crippen LogP contribution in [0, 0.1) is 23.2 Å². The van der Waals surface area contributed by atoms with Crippen molar-refractivity contribution in [2.24, 2.45) is 23.2 Å². The molecular weight excluding hydrogens is 506 g/mol. The molecule has 2 aromatic rings. The number of carbonyl (C=O) groups is 2. The van der Waals surface area contributed by atoms with E-state index < -0.39 is 0 Å². The van der Waals surface area contributed by atoms with E-state index in [-0.39, 0.29) is 28.1 Å². The molecule has 2 aromatic carbocycles. The summed E-state index contributed by atoms with van der Waals surface area (Å²) < 4.78 is 0. The molecule has 4 aliphatic rings. The van der Waals surface area contributed by atoms with Crippen molar-refractivity contribution in [3.8, 4) is 0 Å². The number of fused-ring (bicyclic) bond motifs is 6. The van der Waals surface area contributed by atoms with Crippen molar-refractivity contribution < 1.29 is 9.59 Å². The van der Waals surface area contributed by atoms with E-state index in [1.165, 1.54) is 47.9 Å². The summed E-state index contributed by atoms with van der Waals surface area (Å²) in [6.07, 6.45) is 11.5. The zero-order valence-electron chi connectivity index (χ0n) is 25.6. The van der Waals surface area contributed by atoms with Crippen LogP contribution in [0.25, 0.3) is 0 Å². The van der Waals surface area contributed by atoms with Crippen LogP contribution in [0.5, 0.6) is 0 Å². The molecule has 6 atom stereocenters. The molecule has 6 rings (SSSR count). The zero-order valence-corrected chi connectivity index (χ0v) is 25.6. The number of aryl methyl sites for hydroxylation is 2. The minimum absolute atomic E-state index is 0.00526. The Morgan fingerprint density at radius 1 is 0.878 bits per heavy atom. The van der Waals surface area contributed by atoms with Crippen LogP contribution in [0.2, 0.25) is 0 Å². The molecule has 2 fully saturated rings. The van der Waals surface area contributed by atoms with E-state index in [0.717, 1.165) is 56.4 Å². The highest BCUT2D eigenvalue weighted by Gasteiger charge is 2.55. The first-order chi connectivity index (χ1) is 19.6. The fourth-order valence-corrected chi connectivity index (χ4v) is 9.91. The number of nitrogens with one attached hydrogen (secondary N) is 2. The van der Waals surface area contributed by atoms with Crippen molar-refractivity contribution in [1.29, 1.82) is 0 Å². The third-order valence-electron chi connectivity index (χ3n) is 12.1. The van der Waals surface area contributed by atoms with E-state index >= 15 is 0 Å². The largest absolute Gasteiger partial charge is 0.399 e. The number of nitrogen functional groups attached to an aromatic ring is 1. The maximum absolute atomic E-state index is 14.2. The van der Waals surface area contributed by atoms with Crippen LogP contribution >= 0.6 is 0 Å². The van der Waals surface area contributed by atoms with Crippen LogP contribution in [0.4, 0.5) is 11.4 Å². The topological polar surface area (TPSA) is 84.2 Å². The Bertz CT molecular complexity index is 1350. The first-order valence-electron chi connectivity index (χ1n) is 16.2. The summed E-state index contributed by atoms with van der Waals surface area (Å²) in [5, 5.41) is 6.63. The Hall–Kier alpha value is -2.82. The van der Waals surface area contributed by atoms with E-state index in [2.05, 4.69) is 61.7 Å². The highest BCUT2D eigenvalue weighted by molar-refractivity contribution is 5.90. The predicted octanol–water partition coefficient (Wildman–Crippen LogP) is 7.06. The van der Waals surface area contributed by atoms with Gasteiger partial charge >= 0.3 is 0 Å². The van der Waals surface area contributed by atoms with Gasteiger partial charge in [0.25, 0.3) is 0 Å². The number of hydrogen-bond acceptors (Lipinski definition) is 3. The number of hydrogen-bond donors (Lipinski definition) is 3. The smallest absolute Gasteiger partial charge is 0.226 e. The molecular formula is C36H49N3O2. The molecule has 0 aromatic heterocycles. The van der Waals surface area contributed by atoms with Crippen molar-refractivity contribution in [2.45, 2.75) is 109 Å². The maximum Gasteiger partial charge on any atom is 0.226 e. The second kappa shape index (κ2) is 10.5. The third kappa shape index (κ3) is 4.68. The third-order valence-corrected chi connectivity index (χ3v) is 12.1. The number of amides is 2. The van der Waals surface area contributed by atoms with Gasteiger partial charge in [-0.25, -0.2) is 0 Å². The molecule has 5 nitrogen and oxygen atoms in total. The predicted molar refractivity (Wildman–Crippen MR) is 167 cm³/mol. The van der Waals surface area contributed by atoms with Gasteiger partial charge in [-0.05, 0) is 126 Å². The first kappa shape index (κ1) is 28.3. The SMILES string of the molecule is CCC(=O)Nc1ccc2c(c1)C1(C)CCCC(CNC(=O)[C@@]3(C)CCCC4(C)c5cc(N)ccc5CCC43)C1CC2. The fraction of sp³-hybridized carbons (Fsp3) is 0.611. The lowest BCUT2D eigenvalue weighted by atomic mass is 9.49. The molecule has 0 saturated heterocycles. The summed E-state index contributed by atoms with van der Waals surface area (Å²) in [5.41, 5.74) is 13.3. The first-order valence-corrected chi connectivity index (χ1v) is 16.2. The second-order valence-corrected chi connectivity index (χ2v) is 14.4. The quantitative estimate of drug-likeness (QED) is 0.345. The molecule has 0 heterocycles. The van der Waals surface area contributed by atoms with Gasteiger partial charge in [0.1, 0.15) is 0 Å². The van der Waals surface area contributed by atoms with Crippen LogP contribution in [0.1, 0.15) is 108 Å². The van der Waals surface area contributed by atoms with Gasteiger partial charge in [0.05, 0.1) is 5.41 Å². The standard InChI is InChI=1S/C36H49N3O2/c1-5-32(40)39-27-14-10-24-11-15-28-25(8-6-17-34(28,2)30(24)21-27)22-38-33(41)36(4)19-7-18-35(3)29-20-26(37)13-9-23(29)12-16-31(35)36/h9-10,13-14,20-21,25,28,31H,5-8,11-12,15-19,22,37H2,1-4H3,(H,38,41)(H,39,40)/t25?,28?,31?,34?,35?,36-/m0/s1. The van der Waals surface area contributed by atoms with Gasteiger partial charge in [0.15, 0.2) is 0 Å². The van der Waals surface area contributed by atoms with Crippen molar-refractivity contribution >= 4 is 23.2 Å². The van der Waals surface area contributed by atoms with Gasteiger partial charge in [-0.1, -0.05) is 52.7 Å². The van der Waals surface area contributed by atoms with Crippen molar-refractivity contribution in [3.63, 3.8) is 0 Å². The van der Waals surface area contributed by atoms with Crippen LogP contribution in [-0.2, 0) is 33.3 Å². The van der Waals surface area contributed by atoms with Crippen LogP contribution < -0.4 is 16.4 Å². The lowest BCUT2D eigenvalue weighted by molar-refractivity contribution is -0.139. The van der Waals surface area contributed by atoms with Crippen LogP contribution in [0.15, 0.2) is 36.4 Å². The molecule has 2 saturated carbocycles. The molecule has 41 heavy (non-hydrogen) atoms. The fourth-order valence-electron chi connectivity index (χ4n) is 9.91. The molecule has 2 amide bonds.